The summed E-state index contributed by atoms with van der Waals surface area (Å²) in [6, 6.07) is 19.8. The highest BCUT2D eigenvalue weighted by Gasteiger charge is 2.35. The van der Waals surface area contributed by atoms with E-state index in [4.69, 9.17) is 5.14 Å². The standard InChI is InChI=1S/C24H21N3O5S/c25-33(31,32)19-9-6-17(7-10-19)15-26-22(28)18-8-11-20-21(14-18)24(30)27(23(20)29)13-12-16-4-2-1-3-5-16/h1-11,14H,12-13,15H2,(H,26,28)(H2,25,31,32). The molecule has 9 heteroatoms. The van der Waals surface area contributed by atoms with E-state index in [-0.39, 0.29) is 40.6 Å². The van der Waals surface area contributed by atoms with Gasteiger partial charge in [0.25, 0.3) is 17.7 Å². The van der Waals surface area contributed by atoms with Crippen LogP contribution in [0.4, 0.5) is 0 Å². The first-order chi connectivity index (χ1) is 15.7. The molecule has 168 valence electrons. The number of carbonyl (C=O) groups is 3. The number of benzene rings is 3. The molecule has 33 heavy (non-hydrogen) atoms. The molecule has 3 aromatic rings. The number of sulfonamides is 1. The Morgan fingerprint density at radius 1 is 0.848 bits per heavy atom. The van der Waals surface area contributed by atoms with Gasteiger partial charge in [-0.3, -0.25) is 19.3 Å². The third-order valence-electron chi connectivity index (χ3n) is 5.40. The van der Waals surface area contributed by atoms with E-state index in [1.54, 1.807) is 12.1 Å². The summed E-state index contributed by atoms with van der Waals surface area (Å²) in [7, 11) is -3.78. The normalized spacial score (nSPS) is 13.2. The van der Waals surface area contributed by atoms with Crippen LogP contribution in [0.5, 0.6) is 0 Å². The minimum Gasteiger partial charge on any atom is -0.348 e. The number of rotatable bonds is 7. The predicted molar refractivity (Wildman–Crippen MR) is 121 cm³/mol. The molecule has 1 aliphatic rings. The van der Waals surface area contributed by atoms with Gasteiger partial charge >= 0.3 is 0 Å². The smallest absolute Gasteiger partial charge is 0.261 e. The summed E-state index contributed by atoms with van der Waals surface area (Å²) in [6.45, 7) is 0.406. The number of primary sulfonamides is 1. The fourth-order valence-electron chi connectivity index (χ4n) is 3.60. The van der Waals surface area contributed by atoms with Crippen LogP contribution in [0.2, 0.25) is 0 Å². The van der Waals surface area contributed by atoms with Gasteiger partial charge in [-0.1, -0.05) is 42.5 Å². The van der Waals surface area contributed by atoms with Crippen LogP contribution >= 0.6 is 0 Å². The number of carbonyl (C=O) groups excluding carboxylic acids is 3. The van der Waals surface area contributed by atoms with E-state index in [0.29, 0.717) is 12.0 Å². The van der Waals surface area contributed by atoms with Crippen molar-refractivity contribution in [1.82, 2.24) is 10.2 Å². The van der Waals surface area contributed by atoms with E-state index in [1.165, 1.54) is 35.2 Å². The molecule has 1 aliphatic heterocycles. The predicted octanol–water partition coefficient (Wildman–Crippen LogP) is 2.10. The molecule has 0 aliphatic carbocycles. The fraction of sp³-hybridized carbons (Fsp3) is 0.125. The van der Waals surface area contributed by atoms with Crippen LogP contribution < -0.4 is 10.5 Å². The van der Waals surface area contributed by atoms with E-state index in [2.05, 4.69) is 5.32 Å². The minimum absolute atomic E-state index is 0.0174. The van der Waals surface area contributed by atoms with Crippen LogP contribution in [0.3, 0.4) is 0 Å². The van der Waals surface area contributed by atoms with Gasteiger partial charge in [0.2, 0.25) is 10.0 Å². The number of hydrogen-bond acceptors (Lipinski definition) is 5. The Hall–Kier alpha value is -3.82. The zero-order valence-electron chi connectivity index (χ0n) is 17.5. The SMILES string of the molecule is NS(=O)(=O)c1ccc(CNC(=O)c2ccc3c(c2)C(=O)N(CCc2ccccc2)C3=O)cc1. The number of amides is 3. The van der Waals surface area contributed by atoms with E-state index in [0.717, 1.165) is 5.56 Å². The Balaban J connectivity index is 1.42. The van der Waals surface area contributed by atoms with Crippen molar-refractivity contribution < 1.29 is 22.8 Å². The number of imide groups is 1. The van der Waals surface area contributed by atoms with Crippen molar-refractivity contribution in [1.29, 1.82) is 0 Å². The number of hydrogen-bond donors (Lipinski definition) is 2. The Labute approximate surface area is 191 Å². The largest absolute Gasteiger partial charge is 0.348 e. The lowest BCUT2D eigenvalue weighted by atomic mass is 10.1. The first-order valence-corrected chi connectivity index (χ1v) is 11.7. The molecule has 1 heterocycles. The molecular weight excluding hydrogens is 442 g/mol. The molecule has 0 atom stereocenters. The van der Waals surface area contributed by atoms with Gasteiger partial charge in [0.05, 0.1) is 16.0 Å². The van der Waals surface area contributed by atoms with Crippen LogP contribution in [0.15, 0.2) is 77.7 Å². The molecule has 0 spiro atoms. The van der Waals surface area contributed by atoms with Gasteiger partial charge in [-0.15, -0.1) is 0 Å². The van der Waals surface area contributed by atoms with Crippen LogP contribution in [0.1, 0.15) is 42.2 Å². The summed E-state index contributed by atoms with van der Waals surface area (Å²) in [5, 5.41) is 7.80. The molecule has 0 aromatic heterocycles. The van der Waals surface area contributed by atoms with Crippen LogP contribution in [-0.2, 0) is 23.0 Å². The summed E-state index contributed by atoms with van der Waals surface area (Å²) in [6.07, 6.45) is 0.546. The van der Waals surface area contributed by atoms with Gasteiger partial charge in [-0.25, -0.2) is 13.6 Å². The molecule has 0 radical (unpaired) electrons. The molecule has 0 bridgehead atoms. The van der Waals surface area contributed by atoms with Gasteiger partial charge < -0.3 is 5.32 Å². The summed E-state index contributed by atoms with van der Waals surface area (Å²) in [4.78, 5) is 39.3. The van der Waals surface area contributed by atoms with Crippen molar-refractivity contribution >= 4 is 27.7 Å². The fourth-order valence-corrected chi connectivity index (χ4v) is 4.12. The highest BCUT2D eigenvalue weighted by molar-refractivity contribution is 7.89. The molecule has 0 saturated carbocycles. The third kappa shape index (κ3) is 4.84. The molecule has 3 aromatic carbocycles. The monoisotopic (exact) mass is 463 g/mol. The second kappa shape index (κ2) is 8.97. The van der Waals surface area contributed by atoms with Gasteiger partial charge in [-0.2, -0.15) is 0 Å². The van der Waals surface area contributed by atoms with E-state index in [1.807, 2.05) is 30.3 Å². The number of nitrogens with zero attached hydrogens (tertiary/aromatic N) is 1. The lowest BCUT2D eigenvalue weighted by Crippen LogP contribution is -2.31. The lowest BCUT2D eigenvalue weighted by Gasteiger charge is -2.13. The molecule has 4 rings (SSSR count). The Bertz CT molecular complexity index is 1340. The maximum absolute atomic E-state index is 12.8. The highest BCUT2D eigenvalue weighted by Crippen LogP contribution is 2.24. The van der Waals surface area contributed by atoms with Crippen molar-refractivity contribution in [3.63, 3.8) is 0 Å². The van der Waals surface area contributed by atoms with E-state index < -0.39 is 21.8 Å². The highest BCUT2D eigenvalue weighted by atomic mass is 32.2. The van der Waals surface area contributed by atoms with Crippen molar-refractivity contribution in [3.05, 3.63) is 101 Å². The lowest BCUT2D eigenvalue weighted by molar-refractivity contribution is 0.0656. The Morgan fingerprint density at radius 2 is 1.52 bits per heavy atom. The summed E-state index contributed by atoms with van der Waals surface area (Å²) >= 11 is 0. The zero-order chi connectivity index (χ0) is 23.6. The second-order valence-corrected chi connectivity index (χ2v) is 9.19. The maximum atomic E-state index is 12.8. The van der Waals surface area contributed by atoms with Gasteiger partial charge in [0.15, 0.2) is 0 Å². The summed E-state index contributed by atoms with van der Waals surface area (Å²) < 4.78 is 22.7. The van der Waals surface area contributed by atoms with Crippen LogP contribution in [-0.4, -0.2) is 37.6 Å². The van der Waals surface area contributed by atoms with E-state index >= 15 is 0 Å². The van der Waals surface area contributed by atoms with Crippen LogP contribution in [0.25, 0.3) is 0 Å². The molecule has 0 fully saturated rings. The second-order valence-electron chi connectivity index (χ2n) is 7.63. The molecule has 0 saturated heterocycles. The van der Waals surface area contributed by atoms with E-state index in [9.17, 15) is 22.8 Å². The van der Waals surface area contributed by atoms with Crippen molar-refractivity contribution in [2.45, 2.75) is 17.9 Å². The Kier molecular flexibility index (Phi) is 6.08. The number of nitrogens with two attached hydrogens (primary N) is 1. The summed E-state index contributed by atoms with van der Waals surface area (Å²) in [5.74, 6) is -1.21. The molecular formula is C24H21N3O5S. The first-order valence-electron chi connectivity index (χ1n) is 10.2. The molecule has 3 amide bonds. The maximum Gasteiger partial charge on any atom is 0.261 e. The topological polar surface area (TPSA) is 127 Å². The van der Waals surface area contributed by atoms with Crippen LogP contribution in [0, 0.1) is 0 Å². The van der Waals surface area contributed by atoms with Crippen molar-refractivity contribution in [2.24, 2.45) is 5.14 Å². The molecule has 3 N–H and O–H groups in total. The number of nitrogens with one attached hydrogen (secondary N) is 1. The third-order valence-corrected chi connectivity index (χ3v) is 6.33. The van der Waals surface area contributed by atoms with Gasteiger partial charge in [0, 0.05) is 18.7 Å². The quantitative estimate of drug-likeness (QED) is 0.519. The molecule has 8 nitrogen and oxygen atoms in total. The van der Waals surface area contributed by atoms with Crippen molar-refractivity contribution in [2.75, 3.05) is 6.54 Å². The van der Waals surface area contributed by atoms with Crippen molar-refractivity contribution in [3.8, 4) is 0 Å². The molecule has 0 unspecified atom stereocenters. The van der Waals surface area contributed by atoms with Gasteiger partial charge in [-0.05, 0) is 47.9 Å². The first kappa shape index (κ1) is 22.4. The number of fused-ring (bicyclic) bond motifs is 1. The Morgan fingerprint density at radius 3 is 2.18 bits per heavy atom. The average Bonchev–Trinajstić information content (AvgIpc) is 3.05. The zero-order valence-corrected chi connectivity index (χ0v) is 18.3. The minimum atomic E-state index is -3.78. The van der Waals surface area contributed by atoms with Gasteiger partial charge in [0.1, 0.15) is 0 Å². The average molecular weight is 464 g/mol. The summed E-state index contributed by atoms with van der Waals surface area (Å²) in [5.41, 5.74) is 2.43.